The zero-order valence-electron chi connectivity index (χ0n) is 18.6. The smallest absolute Gasteiger partial charge is 0.242 e. The summed E-state index contributed by atoms with van der Waals surface area (Å²) >= 11 is 0. The number of Topliss-reactive ketones (excluding diaryl/α,β-unsaturated/α-hetero) is 1. The maximum atomic E-state index is 13.5. The van der Waals surface area contributed by atoms with Gasteiger partial charge in [0, 0.05) is 37.8 Å². The maximum absolute atomic E-state index is 13.5. The largest absolute Gasteiger partial charge is 0.368 e. The lowest BCUT2D eigenvalue weighted by molar-refractivity contribution is -0.139. The quantitative estimate of drug-likeness (QED) is 0.697. The van der Waals surface area contributed by atoms with E-state index in [0.717, 1.165) is 11.3 Å². The Bertz CT molecular complexity index is 992. The highest BCUT2D eigenvalue weighted by molar-refractivity contribution is 6.07. The minimum atomic E-state index is -0.542. The van der Waals surface area contributed by atoms with Crippen molar-refractivity contribution in [2.24, 2.45) is 5.92 Å². The molecule has 1 aromatic carbocycles. The first kappa shape index (κ1) is 22.1. The molecule has 2 amide bonds. The fourth-order valence-corrected chi connectivity index (χ4v) is 4.46. The second-order valence-electron chi connectivity index (χ2n) is 8.93. The van der Waals surface area contributed by atoms with Crippen LogP contribution < -0.4 is 0 Å². The normalized spacial score (nSPS) is 21.1. The number of amides is 2. The molecular weight excluding hydrogens is 406 g/mol. The molecule has 0 bridgehead atoms. The van der Waals surface area contributed by atoms with E-state index in [2.05, 4.69) is 18.8 Å². The van der Waals surface area contributed by atoms with Crippen LogP contribution >= 0.6 is 0 Å². The molecule has 1 aromatic heterocycles. The summed E-state index contributed by atoms with van der Waals surface area (Å²) in [4.78, 5) is 46.6. The highest BCUT2D eigenvalue weighted by atomic mass is 16.5. The number of hydrogen-bond acceptors (Lipinski definition) is 5. The third-order valence-electron chi connectivity index (χ3n) is 5.94. The van der Waals surface area contributed by atoms with Crippen LogP contribution in [0.2, 0.25) is 0 Å². The van der Waals surface area contributed by atoms with Gasteiger partial charge in [-0.1, -0.05) is 44.2 Å². The molecular formula is C25H29N3O4. The van der Waals surface area contributed by atoms with Gasteiger partial charge in [0.1, 0.15) is 0 Å². The summed E-state index contributed by atoms with van der Waals surface area (Å²) in [7, 11) is 0. The van der Waals surface area contributed by atoms with Crippen LogP contribution in [-0.4, -0.2) is 64.7 Å². The Balaban J connectivity index is 1.53. The van der Waals surface area contributed by atoms with Crippen LogP contribution in [0.4, 0.5) is 0 Å². The Morgan fingerprint density at radius 2 is 1.91 bits per heavy atom. The summed E-state index contributed by atoms with van der Waals surface area (Å²) in [5.41, 5.74) is 2.16. The molecule has 2 atom stereocenters. The minimum absolute atomic E-state index is 0.00184. The molecule has 1 aliphatic carbocycles. The number of ketones is 1. The van der Waals surface area contributed by atoms with Crippen molar-refractivity contribution in [1.82, 2.24) is 14.8 Å². The van der Waals surface area contributed by atoms with Gasteiger partial charge < -0.3 is 14.5 Å². The number of rotatable bonds is 6. The van der Waals surface area contributed by atoms with Crippen molar-refractivity contribution < 1.29 is 19.1 Å². The predicted octanol–water partition coefficient (Wildman–Crippen LogP) is 2.66. The summed E-state index contributed by atoms with van der Waals surface area (Å²) in [5, 5.41) is 0. The Hall–Kier alpha value is -3.06. The third kappa shape index (κ3) is 4.88. The molecule has 1 aliphatic heterocycles. The van der Waals surface area contributed by atoms with Crippen molar-refractivity contribution in [2.45, 2.75) is 38.9 Å². The number of pyridine rings is 1. The number of ether oxygens (including phenoxy) is 1. The molecule has 0 unspecified atom stereocenters. The minimum Gasteiger partial charge on any atom is -0.368 e. The Morgan fingerprint density at radius 3 is 2.66 bits per heavy atom. The van der Waals surface area contributed by atoms with Gasteiger partial charge in [-0.15, -0.1) is 0 Å². The molecule has 0 radical (unpaired) electrons. The Morgan fingerprint density at radius 1 is 1.12 bits per heavy atom. The SMILES string of the molecule is CC(C)CN1C[C@@H](OCc2ccccn2)CN(C(=O)[C@@H]2CC(=O)c3ccccc32)CC1=O. The number of aromatic nitrogens is 1. The van der Waals surface area contributed by atoms with Crippen LogP contribution in [0.25, 0.3) is 0 Å². The first-order valence-electron chi connectivity index (χ1n) is 11.1. The van der Waals surface area contributed by atoms with E-state index in [0.29, 0.717) is 37.7 Å². The van der Waals surface area contributed by atoms with Gasteiger partial charge in [-0.25, -0.2) is 0 Å². The van der Waals surface area contributed by atoms with E-state index in [9.17, 15) is 14.4 Å². The van der Waals surface area contributed by atoms with Crippen LogP contribution in [0, 0.1) is 5.92 Å². The molecule has 2 aliphatic rings. The van der Waals surface area contributed by atoms with Crippen molar-refractivity contribution >= 4 is 17.6 Å². The van der Waals surface area contributed by atoms with Crippen LogP contribution in [-0.2, 0) is 20.9 Å². The highest BCUT2D eigenvalue weighted by Gasteiger charge is 2.39. The van der Waals surface area contributed by atoms with Gasteiger partial charge in [-0.05, 0) is 23.6 Å². The lowest BCUT2D eigenvalue weighted by atomic mass is 9.99. The highest BCUT2D eigenvalue weighted by Crippen LogP contribution is 2.34. The molecule has 7 nitrogen and oxygen atoms in total. The lowest BCUT2D eigenvalue weighted by Gasteiger charge is -2.26. The molecule has 168 valence electrons. The van der Waals surface area contributed by atoms with Crippen LogP contribution in [0.3, 0.4) is 0 Å². The van der Waals surface area contributed by atoms with Crippen molar-refractivity contribution in [3.63, 3.8) is 0 Å². The first-order chi connectivity index (χ1) is 15.4. The van der Waals surface area contributed by atoms with Gasteiger partial charge in [-0.3, -0.25) is 19.4 Å². The Labute approximate surface area is 188 Å². The third-order valence-corrected chi connectivity index (χ3v) is 5.94. The van der Waals surface area contributed by atoms with E-state index in [4.69, 9.17) is 4.74 Å². The lowest BCUT2D eigenvalue weighted by Crippen LogP contribution is -2.42. The molecule has 2 aromatic rings. The number of carbonyl (C=O) groups excluding carboxylic acids is 3. The van der Waals surface area contributed by atoms with Crippen molar-refractivity contribution in [2.75, 3.05) is 26.2 Å². The number of benzene rings is 1. The molecule has 1 fully saturated rings. The van der Waals surface area contributed by atoms with Gasteiger partial charge in [0.2, 0.25) is 11.8 Å². The Kier molecular flexibility index (Phi) is 6.65. The average molecular weight is 436 g/mol. The van der Waals surface area contributed by atoms with Crippen molar-refractivity contribution in [3.05, 3.63) is 65.5 Å². The molecule has 1 saturated heterocycles. The summed E-state index contributed by atoms with van der Waals surface area (Å²) in [5.74, 6) is -0.538. The second-order valence-corrected chi connectivity index (χ2v) is 8.93. The number of fused-ring (bicyclic) bond motifs is 1. The summed E-state index contributed by atoms with van der Waals surface area (Å²) < 4.78 is 6.13. The van der Waals surface area contributed by atoms with Crippen molar-refractivity contribution in [3.8, 4) is 0 Å². The first-order valence-corrected chi connectivity index (χ1v) is 11.1. The number of carbonyl (C=O) groups is 3. The fourth-order valence-electron chi connectivity index (χ4n) is 4.46. The van der Waals surface area contributed by atoms with Crippen molar-refractivity contribution in [1.29, 1.82) is 0 Å². The molecule has 4 rings (SSSR count). The number of nitrogens with zero attached hydrogens (tertiary/aromatic N) is 3. The van der Waals surface area contributed by atoms with Crippen LogP contribution in [0.1, 0.15) is 47.8 Å². The number of hydrogen-bond donors (Lipinski definition) is 0. The van der Waals surface area contributed by atoms with E-state index < -0.39 is 5.92 Å². The zero-order chi connectivity index (χ0) is 22.7. The molecule has 0 spiro atoms. The maximum Gasteiger partial charge on any atom is 0.242 e. The molecule has 0 N–H and O–H groups in total. The topological polar surface area (TPSA) is 79.8 Å². The van der Waals surface area contributed by atoms with Crippen LogP contribution in [0.15, 0.2) is 48.7 Å². The standard InChI is InChI=1S/C25H29N3O4/c1-17(2)12-27-13-19(32-16-18-7-5-6-10-26-18)14-28(15-24(27)30)25(31)22-11-23(29)21-9-4-3-8-20(21)22/h3-10,17,19,22H,11-16H2,1-2H3/t19-,22-/m1/s1. The van der Waals surface area contributed by atoms with E-state index in [1.54, 1.807) is 22.1 Å². The van der Waals surface area contributed by atoms with Gasteiger partial charge in [-0.2, -0.15) is 0 Å². The van der Waals surface area contributed by atoms with Gasteiger partial charge in [0.15, 0.2) is 5.78 Å². The summed E-state index contributed by atoms with van der Waals surface area (Å²) in [6.07, 6.45) is 1.53. The van der Waals surface area contributed by atoms with Crippen LogP contribution in [0.5, 0.6) is 0 Å². The fraction of sp³-hybridized carbons (Fsp3) is 0.440. The molecule has 0 saturated carbocycles. The molecule has 32 heavy (non-hydrogen) atoms. The van der Waals surface area contributed by atoms with E-state index in [-0.39, 0.29) is 36.7 Å². The summed E-state index contributed by atoms with van der Waals surface area (Å²) in [6.45, 7) is 5.77. The van der Waals surface area contributed by atoms with Gasteiger partial charge in [0.05, 0.1) is 30.9 Å². The zero-order valence-corrected chi connectivity index (χ0v) is 18.6. The average Bonchev–Trinajstić information content (AvgIpc) is 3.04. The predicted molar refractivity (Wildman–Crippen MR) is 119 cm³/mol. The monoisotopic (exact) mass is 435 g/mol. The van der Waals surface area contributed by atoms with E-state index in [1.807, 2.05) is 36.4 Å². The molecule has 7 heteroatoms. The molecule has 2 heterocycles. The second kappa shape index (κ2) is 9.61. The van der Waals surface area contributed by atoms with E-state index >= 15 is 0 Å². The van der Waals surface area contributed by atoms with E-state index in [1.165, 1.54) is 0 Å². The summed E-state index contributed by atoms with van der Waals surface area (Å²) in [6, 6.07) is 12.9. The van der Waals surface area contributed by atoms with Gasteiger partial charge in [0.25, 0.3) is 0 Å². The van der Waals surface area contributed by atoms with Gasteiger partial charge >= 0.3 is 0 Å².